The number of hydrogen-bond acceptors (Lipinski definition) is 5. The summed E-state index contributed by atoms with van der Waals surface area (Å²) in [6.07, 6.45) is 1.55. The standard InChI is InChI=1S/C9H18N4O2/c1-5-13(4)8(6-11-3)9(14)15-12-7(2)10/h6,11H,5H2,1-4H3,(H2,10,12)/b8-6-. The van der Waals surface area contributed by atoms with E-state index in [0.717, 1.165) is 0 Å². The highest BCUT2D eigenvalue weighted by atomic mass is 16.7. The molecule has 0 aliphatic rings. The Morgan fingerprint density at radius 2 is 2.27 bits per heavy atom. The van der Waals surface area contributed by atoms with Crippen molar-refractivity contribution in [3.05, 3.63) is 11.9 Å². The Bertz CT molecular complexity index is 269. The minimum absolute atomic E-state index is 0.200. The number of likely N-dealkylation sites (N-methyl/N-ethyl adjacent to an activating group) is 1. The minimum Gasteiger partial charge on any atom is -0.392 e. The predicted molar refractivity (Wildman–Crippen MR) is 58.8 cm³/mol. The summed E-state index contributed by atoms with van der Waals surface area (Å²) in [6, 6.07) is 0. The van der Waals surface area contributed by atoms with Crippen molar-refractivity contribution in [2.75, 3.05) is 20.6 Å². The average molecular weight is 214 g/mol. The summed E-state index contributed by atoms with van der Waals surface area (Å²) < 4.78 is 0. The number of rotatable bonds is 5. The van der Waals surface area contributed by atoms with E-state index in [1.807, 2.05) is 6.92 Å². The van der Waals surface area contributed by atoms with Gasteiger partial charge < -0.3 is 20.8 Å². The third-order valence-corrected chi connectivity index (χ3v) is 1.65. The lowest BCUT2D eigenvalue weighted by Crippen LogP contribution is -2.26. The quantitative estimate of drug-likeness (QED) is 0.218. The highest BCUT2D eigenvalue weighted by Crippen LogP contribution is 2.02. The Balaban J connectivity index is 4.58. The number of nitrogens with zero attached hydrogens (tertiary/aromatic N) is 2. The van der Waals surface area contributed by atoms with Crippen molar-refractivity contribution in [3.63, 3.8) is 0 Å². The van der Waals surface area contributed by atoms with E-state index in [9.17, 15) is 4.79 Å². The van der Waals surface area contributed by atoms with Crippen LogP contribution in [0.1, 0.15) is 13.8 Å². The summed E-state index contributed by atoms with van der Waals surface area (Å²) in [7, 11) is 3.48. The SMILES string of the molecule is CCN(C)/C(=C\NC)C(=O)O/N=C(\C)N. The molecular formula is C9H18N4O2. The molecule has 0 saturated heterocycles. The maximum atomic E-state index is 11.5. The second-order valence-electron chi connectivity index (χ2n) is 2.94. The molecule has 15 heavy (non-hydrogen) atoms. The van der Waals surface area contributed by atoms with Crippen LogP contribution >= 0.6 is 0 Å². The van der Waals surface area contributed by atoms with Gasteiger partial charge in [-0.25, -0.2) is 4.79 Å². The topological polar surface area (TPSA) is 80.0 Å². The van der Waals surface area contributed by atoms with Crippen molar-refractivity contribution < 1.29 is 9.63 Å². The average Bonchev–Trinajstić information content (AvgIpc) is 2.21. The van der Waals surface area contributed by atoms with Crippen LogP contribution in [0, 0.1) is 0 Å². The van der Waals surface area contributed by atoms with Gasteiger partial charge in [-0.2, -0.15) is 0 Å². The fraction of sp³-hybridized carbons (Fsp3) is 0.556. The van der Waals surface area contributed by atoms with Crippen LogP contribution in [0.5, 0.6) is 0 Å². The highest BCUT2D eigenvalue weighted by molar-refractivity contribution is 5.88. The molecule has 3 N–H and O–H groups in total. The molecule has 6 nitrogen and oxygen atoms in total. The van der Waals surface area contributed by atoms with E-state index in [-0.39, 0.29) is 5.84 Å². The minimum atomic E-state index is -0.543. The molecule has 0 atom stereocenters. The number of amidine groups is 1. The first-order chi connectivity index (χ1) is 7.02. The molecule has 0 spiro atoms. The van der Waals surface area contributed by atoms with E-state index in [0.29, 0.717) is 12.2 Å². The number of oxime groups is 1. The van der Waals surface area contributed by atoms with Gasteiger partial charge in [0.05, 0.1) is 0 Å². The van der Waals surface area contributed by atoms with Gasteiger partial charge >= 0.3 is 5.97 Å². The van der Waals surface area contributed by atoms with Gasteiger partial charge in [-0.05, 0) is 13.8 Å². The molecule has 0 aliphatic carbocycles. The van der Waals surface area contributed by atoms with Crippen LogP contribution in [0.2, 0.25) is 0 Å². The molecule has 0 aromatic rings. The Hall–Kier alpha value is -1.72. The molecule has 0 heterocycles. The molecule has 0 unspecified atom stereocenters. The molecule has 0 bridgehead atoms. The van der Waals surface area contributed by atoms with Gasteiger partial charge in [0, 0.05) is 26.8 Å². The summed E-state index contributed by atoms with van der Waals surface area (Å²) in [5, 5.41) is 6.16. The molecular weight excluding hydrogens is 196 g/mol. The first-order valence-corrected chi connectivity index (χ1v) is 4.62. The first kappa shape index (κ1) is 13.3. The molecule has 0 saturated carbocycles. The van der Waals surface area contributed by atoms with Crippen molar-refractivity contribution >= 4 is 11.8 Å². The lowest BCUT2D eigenvalue weighted by molar-refractivity contribution is -0.140. The van der Waals surface area contributed by atoms with Crippen LogP contribution in [0.4, 0.5) is 0 Å². The van der Waals surface area contributed by atoms with Crippen LogP contribution in [0.3, 0.4) is 0 Å². The number of carbonyl (C=O) groups is 1. The maximum Gasteiger partial charge on any atom is 0.383 e. The van der Waals surface area contributed by atoms with E-state index >= 15 is 0 Å². The van der Waals surface area contributed by atoms with E-state index in [1.54, 1.807) is 25.2 Å². The number of nitrogens with one attached hydrogen (secondary N) is 1. The van der Waals surface area contributed by atoms with E-state index in [2.05, 4.69) is 15.3 Å². The molecule has 0 aliphatic heterocycles. The summed E-state index contributed by atoms with van der Waals surface area (Å²) in [6.45, 7) is 4.15. The summed E-state index contributed by atoms with van der Waals surface area (Å²) in [4.78, 5) is 17.9. The zero-order valence-corrected chi connectivity index (χ0v) is 9.57. The van der Waals surface area contributed by atoms with Gasteiger partial charge in [-0.1, -0.05) is 5.16 Å². The van der Waals surface area contributed by atoms with Crippen molar-refractivity contribution in [1.82, 2.24) is 10.2 Å². The monoisotopic (exact) mass is 214 g/mol. The van der Waals surface area contributed by atoms with Crippen molar-refractivity contribution in [1.29, 1.82) is 0 Å². The summed E-state index contributed by atoms with van der Waals surface area (Å²) in [5.74, 6) is -0.343. The zero-order chi connectivity index (χ0) is 11.8. The predicted octanol–water partition coefficient (Wildman–Crippen LogP) is -0.166. The van der Waals surface area contributed by atoms with Crippen molar-refractivity contribution in [2.45, 2.75) is 13.8 Å². The van der Waals surface area contributed by atoms with Gasteiger partial charge in [0.1, 0.15) is 11.5 Å². The molecule has 0 aromatic carbocycles. The van der Waals surface area contributed by atoms with E-state index in [4.69, 9.17) is 5.73 Å². The third-order valence-electron chi connectivity index (χ3n) is 1.65. The van der Waals surface area contributed by atoms with Gasteiger partial charge in [0.25, 0.3) is 0 Å². The third kappa shape index (κ3) is 4.90. The Morgan fingerprint density at radius 1 is 1.67 bits per heavy atom. The van der Waals surface area contributed by atoms with Crippen LogP contribution < -0.4 is 11.1 Å². The lowest BCUT2D eigenvalue weighted by atomic mass is 10.4. The van der Waals surface area contributed by atoms with Gasteiger partial charge in [-0.3, -0.25) is 0 Å². The van der Waals surface area contributed by atoms with Crippen molar-refractivity contribution in [2.24, 2.45) is 10.9 Å². The Labute approximate surface area is 89.7 Å². The molecule has 0 rings (SSSR count). The van der Waals surface area contributed by atoms with E-state index < -0.39 is 5.97 Å². The molecule has 0 amide bonds. The smallest absolute Gasteiger partial charge is 0.383 e. The van der Waals surface area contributed by atoms with Crippen LogP contribution in [-0.2, 0) is 9.63 Å². The van der Waals surface area contributed by atoms with Crippen LogP contribution in [-0.4, -0.2) is 37.3 Å². The number of hydrogen-bond donors (Lipinski definition) is 2. The number of carbonyl (C=O) groups excluding carboxylic acids is 1. The summed E-state index contributed by atoms with van der Waals surface area (Å²) >= 11 is 0. The normalized spacial score (nSPS) is 12.3. The second-order valence-corrected chi connectivity index (χ2v) is 2.94. The van der Waals surface area contributed by atoms with E-state index in [1.165, 1.54) is 6.92 Å². The molecule has 6 heteroatoms. The largest absolute Gasteiger partial charge is 0.392 e. The number of nitrogens with two attached hydrogens (primary N) is 1. The van der Waals surface area contributed by atoms with Crippen LogP contribution in [0.25, 0.3) is 0 Å². The highest BCUT2D eigenvalue weighted by Gasteiger charge is 2.14. The Morgan fingerprint density at radius 3 is 2.67 bits per heavy atom. The Kier molecular flexibility index (Phi) is 5.92. The second kappa shape index (κ2) is 6.69. The maximum absolute atomic E-state index is 11.5. The van der Waals surface area contributed by atoms with Gasteiger partial charge in [-0.15, -0.1) is 0 Å². The molecule has 0 aromatic heterocycles. The molecule has 86 valence electrons. The zero-order valence-electron chi connectivity index (χ0n) is 9.57. The first-order valence-electron chi connectivity index (χ1n) is 4.62. The molecule has 0 fully saturated rings. The van der Waals surface area contributed by atoms with Crippen molar-refractivity contribution in [3.8, 4) is 0 Å². The molecule has 0 radical (unpaired) electrons. The van der Waals surface area contributed by atoms with Gasteiger partial charge in [0.2, 0.25) is 0 Å². The summed E-state index contributed by atoms with van der Waals surface area (Å²) in [5.41, 5.74) is 5.64. The van der Waals surface area contributed by atoms with Crippen LogP contribution in [0.15, 0.2) is 17.1 Å². The fourth-order valence-electron chi connectivity index (χ4n) is 0.792. The van der Waals surface area contributed by atoms with Gasteiger partial charge in [0.15, 0.2) is 0 Å². The fourth-order valence-corrected chi connectivity index (χ4v) is 0.792. The lowest BCUT2D eigenvalue weighted by Gasteiger charge is -2.17.